The van der Waals surface area contributed by atoms with Gasteiger partial charge in [0.25, 0.3) is 11.8 Å². The number of oxime groups is 1. The van der Waals surface area contributed by atoms with E-state index < -0.39 is 47.4 Å². The van der Waals surface area contributed by atoms with Crippen LogP contribution in [0.25, 0.3) is 0 Å². The molecule has 39 heavy (non-hydrogen) atoms. The van der Waals surface area contributed by atoms with Crippen molar-refractivity contribution in [3.63, 3.8) is 0 Å². The van der Waals surface area contributed by atoms with Crippen LogP contribution in [0.3, 0.4) is 0 Å². The third-order valence-corrected chi connectivity index (χ3v) is 7.52. The number of carboxylic acids is 1. The summed E-state index contributed by atoms with van der Waals surface area (Å²) in [6.07, 6.45) is 1.96. The smallest absolute Gasteiger partial charge is 0.352 e. The monoisotopic (exact) mass is 578 g/mol. The molecular weight excluding hydrogens is 552 g/mol. The summed E-state index contributed by atoms with van der Waals surface area (Å²) < 4.78 is 5.14. The van der Waals surface area contributed by atoms with E-state index in [2.05, 4.69) is 20.8 Å². The molecule has 0 radical (unpaired) electrons. The quantitative estimate of drug-likeness (QED) is 0.106. The fourth-order valence-electron chi connectivity index (χ4n) is 3.97. The van der Waals surface area contributed by atoms with Gasteiger partial charge < -0.3 is 31.0 Å². The lowest BCUT2D eigenvalue weighted by Gasteiger charge is -2.49. The number of β-lactam (4-membered cyclic amide) rings is 1. The first kappa shape index (κ1) is 28.1. The number of nitrogens with zero attached hydrogens (tertiary/aromatic N) is 3. The first-order valence-electron chi connectivity index (χ1n) is 11.7. The number of ether oxygens (including phenoxy) is 1. The van der Waals surface area contributed by atoms with E-state index in [1.54, 1.807) is 20.8 Å². The number of carbonyl (C=O) groups is 5. The van der Waals surface area contributed by atoms with E-state index in [0.717, 1.165) is 16.2 Å². The third kappa shape index (κ3) is 6.22. The second-order valence-corrected chi connectivity index (χ2v) is 11.6. The van der Waals surface area contributed by atoms with Crippen LogP contribution in [0.2, 0.25) is 0 Å². The summed E-state index contributed by atoms with van der Waals surface area (Å²) in [4.78, 5) is 72.3. The highest BCUT2D eigenvalue weighted by molar-refractivity contribution is 8.00. The number of nitrogens with one attached hydrogen (secondary N) is 2. The Morgan fingerprint density at radius 2 is 2.10 bits per heavy atom. The van der Waals surface area contributed by atoms with Crippen LogP contribution in [-0.2, 0) is 33.5 Å². The van der Waals surface area contributed by atoms with E-state index in [-0.39, 0.29) is 33.9 Å². The highest BCUT2D eigenvalue weighted by atomic mass is 32.2. The van der Waals surface area contributed by atoms with Crippen molar-refractivity contribution in [2.45, 2.75) is 44.2 Å². The maximum Gasteiger partial charge on any atom is 0.352 e. The van der Waals surface area contributed by atoms with E-state index in [0.29, 0.717) is 24.1 Å². The molecule has 3 aliphatic rings. The molecule has 0 aliphatic carbocycles. The van der Waals surface area contributed by atoms with Crippen LogP contribution in [0.5, 0.6) is 0 Å². The normalized spacial score (nSPS) is 22.3. The van der Waals surface area contributed by atoms with Crippen molar-refractivity contribution in [3.05, 3.63) is 34.0 Å². The zero-order valence-electron chi connectivity index (χ0n) is 21.2. The van der Waals surface area contributed by atoms with Gasteiger partial charge in [-0.2, -0.15) is 0 Å². The lowest BCUT2D eigenvalue weighted by atomic mass is 10.0. The van der Waals surface area contributed by atoms with E-state index in [1.165, 1.54) is 23.2 Å². The molecule has 0 saturated carbocycles. The van der Waals surface area contributed by atoms with E-state index >= 15 is 0 Å². The first-order valence-corrected chi connectivity index (χ1v) is 13.6. The van der Waals surface area contributed by atoms with Crippen LogP contribution >= 0.6 is 23.1 Å². The number of hydrogen-bond donors (Lipinski definition) is 4. The van der Waals surface area contributed by atoms with Gasteiger partial charge in [-0.25, -0.2) is 14.6 Å². The molecule has 2 unspecified atom stereocenters. The van der Waals surface area contributed by atoms with Crippen molar-refractivity contribution in [2.24, 2.45) is 5.16 Å². The maximum atomic E-state index is 13.2. The number of thiazole rings is 1. The number of aliphatic carboxylic acids is 1. The largest absolute Gasteiger partial charge is 0.477 e. The van der Waals surface area contributed by atoms with Crippen molar-refractivity contribution in [1.29, 1.82) is 0 Å². The minimum absolute atomic E-state index is 0.0639. The molecule has 3 amide bonds. The Kier molecular flexibility index (Phi) is 7.96. The molecule has 4 heterocycles. The van der Waals surface area contributed by atoms with Gasteiger partial charge in [-0.05, 0) is 38.8 Å². The van der Waals surface area contributed by atoms with Gasteiger partial charge >= 0.3 is 11.9 Å². The number of thioether (sulfide) groups is 1. The molecule has 3 aliphatic heterocycles. The van der Waals surface area contributed by atoms with Crippen LogP contribution in [0.1, 0.15) is 32.9 Å². The average Bonchev–Trinajstić information content (AvgIpc) is 3.46. The van der Waals surface area contributed by atoms with Crippen molar-refractivity contribution < 1.29 is 38.7 Å². The average molecular weight is 579 g/mol. The van der Waals surface area contributed by atoms with Gasteiger partial charge in [0.2, 0.25) is 12.5 Å². The second kappa shape index (κ2) is 11.1. The number of fused-ring (bicyclic) bond motifs is 1. The Labute approximate surface area is 230 Å². The Morgan fingerprint density at radius 1 is 1.36 bits per heavy atom. The molecule has 2 atom stereocenters. The van der Waals surface area contributed by atoms with Gasteiger partial charge in [-0.1, -0.05) is 5.16 Å². The third-order valence-electron chi connectivity index (χ3n) is 5.54. The highest BCUT2D eigenvalue weighted by Gasteiger charge is 2.54. The number of nitrogens with two attached hydrogens (primary N) is 1. The fourth-order valence-corrected chi connectivity index (χ4v) is 5.82. The van der Waals surface area contributed by atoms with Crippen LogP contribution in [0.15, 0.2) is 33.5 Å². The highest BCUT2D eigenvalue weighted by Crippen LogP contribution is 2.41. The Balaban J connectivity index is 1.50. The summed E-state index contributed by atoms with van der Waals surface area (Å²) in [6.45, 7) is 4.94. The molecule has 1 aromatic heterocycles. The lowest BCUT2D eigenvalue weighted by Crippen LogP contribution is -2.71. The lowest BCUT2D eigenvalue weighted by molar-refractivity contribution is -0.160. The fraction of sp³-hybridized carbons (Fsp3) is 0.435. The van der Waals surface area contributed by atoms with Crippen LogP contribution in [0, 0.1) is 0 Å². The number of carboxylic acid groups (broad SMARTS) is 1. The Morgan fingerprint density at radius 3 is 2.69 bits per heavy atom. The predicted octanol–water partition coefficient (Wildman–Crippen LogP) is -0.0274. The number of allylic oxidation sites excluding steroid dienone is 1. The molecule has 2 saturated heterocycles. The van der Waals surface area contributed by atoms with E-state index in [4.69, 9.17) is 15.3 Å². The minimum atomic E-state index is -1.32. The first-order chi connectivity index (χ1) is 18.4. The molecule has 16 heteroatoms. The van der Waals surface area contributed by atoms with Crippen LogP contribution in [0.4, 0.5) is 5.13 Å². The second-order valence-electron chi connectivity index (χ2n) is 9.59. The number of amides is 3. The van der Waals surface area contributed by atoms with E-state index in [9.17, 15) is 29.1 Å². The Bertz CT molecular complexity index is 1330. The molecular formula is C23H26N6O8S2. The van der Waals surface area contributed by atoms with Crippen LogP contribution < -0.4 is 16.4 Å². The van der Waals surface area contributed by atoms with Gasteiger partial charge in [-0.15, -0.1) is 23.1 Å². The standard InChI is InChI=1S/C23H26N6O8S2/c1-23(2,3)37-13(30)7-36-28-14(12-9-39-22(24)26-12)18(32)27-15-19(33)29-16(21(34)35)11(8-38-20(15)29)6-10-4-5-25-17(10)31/h6,9,15,20H,4-5,7-8H2,1-3H3,(H2,24,26)(H,25,31)(H,27,32)(H,34,35). The summed E-state index contributed by atoms with van der Waals surface area (Å²) in [5.41, 5.74) is 5.22. The SMILES string of the molecule is CC(C)(C)OC(=O)CON=C(C(=O)NC1C(=O)N2C(C(=O)O)=C(C=C3CCNC3=O)CSC12)c1csc(N)n1. The number of anilines is 1. The zero-order valence-corrected chi connectivity index (χ0v) is 22.8. The Hall–Kier alpha value is -3.92. The van der Waals surface area contributed by atoms with Crippen molar-refractivity contribution in [2.75, 3.05) is 24.6 Å². The number of nitrogen functional groups attached to an aromatic ring is 1. The topological polar surface area (TPSA) is 203 Å². The molecule has 0 spiro atoms. The molecule has 0 aromatic carbocycles. The molecule has 5 N–H and O–H groups in total. The zero-order chi connectivity index (χ0) is 28.5. The number of carbonyl (C=O) groups excluding carboxylic acids is 4. The van der Waals surface area contributed by atoms with E-state index in [1.807, 2.05) is 0 Å². The van der Waals surface area contributed by atoms with Crippen molar-refractivity contribution in [1.82, 2.24) is 20.5 Å². The summed E-state index contributed by atoms with van der Waals surface area (Å²) in [7, 11) is 0. The van der Waals surface area contributed by atoms with Crippen molar-refractivity contribution in [3.8, 4) is 0 Å². The van der Waals surface area contributed by atoms with Crippen molar-refractivity contribution >= 4 is 63.6 Å². The van der Waals surface area contributed by atoms with Gasteiger partial charge in [0.05, 0.1) is 0 Å². The summed E-state index contributed by atoms with van der Waals surface area (Å²) >= 11 is 2.29. The van der Waals surface area contributed by atoms with Gasteiger partial charge in [0, 0.05) is 23.3 Å². The van der Waals surface area contributed by atoms with Gasteiger partial charge in [0.1, 0.15) is 28.4 Å². The predicted molar refractivity (Wildman–Crippen MR) is 140 cm³/mol. The number of rotatable bonds is 8. The maximum absolute atomic E-state index is 13.2. The molecule has 1 aromatic rings. The molecule has 14 nitrogen and oxygen atoms in total. The minimum Gasteiger partial charge on any atom is -0.477 e. The van der Waals surface area contributed by atoms with Crippen LogP contribution in [-0.4, -0.2) is 86.3 Å². The molecule has 4 rings (SSSR count). The number of hydrogen-bond acceptors (Lipinski definition) is 12. The summed E-state index contributed by atoms with van der Waals surface area (Å²) in [5.74, 6) is -3.57. The van der Waals surface area contributed by atoms with Gasteiger partial charge in [-0.3, -0.25) is 19.3 Å². The van der Waals surface area contributed by atoms with Gasteiger partial charge in [0.15, 0.2) is 10.8 Å². The molecule has 2 fully saturated rings. The summed E-state index contributed by atoms with van der Waals surface area (Å²) in [6, 6.07) is -1.06. The molecule has 208 valence electrons. The molecule has 0 bridgehead atoms. The number of esters is 1. The number of aromatic nitrogens is 1. The summed E-state index contributed by atoms with van der Waals surface area (Å²) in [5, 5.41) is 19.7.